The van der Waals surface area contributed by atoms with Crippen LogP contribution >= 0.6 is 0 Å². The number of likely N-dealkylation sites (tertiary alicyclic amines) is 2. The highest BCUT2D eigenvalue weighted by Gasteiger charge is 2.41. The third-order valence-electron chi connectivity index (χ3n) is 5.31. The Kier molecular flexibility index (Phi) is 4.60. The van der Waals surface area contributed by atoms with E-state index in [1.165, 1.54) is 0 Å². The molecule has 0 saturated carbocycles. The van der Waals surface area contributed by atoms with Gasteiger partial charge in [-0.2, -0.15) is 13.2 Å². The van der Waals surface area contributed by atoms with Gasteiger partial charge < -0.3 is 4.90 Å². The number of amides is 1. The molecule has 2 aliphatic heterocycles. The minimum Gasteiger partial charge on any atom is -0.342 e. The van der Waals surface area contributed by atoms with Crippen LogP contribution in [0.5, 0.6) is 0 Å². The van der Waals surface area contributed by atoms with Gasteiger partial charge in [-0.05, 0) is 43.5 Å². The predicted octanol–water partition coefficient (Wildman–Crippen LogP) is 3.54. The number of hydrogen-bond donors (Lipinski definition) is 0. The first-order chi connectivity index (χ1) is 11.3. The number of piperidine rings is 1. The van der Waals surface area contributed by atoms with Gasteiger partial charge in [-0.1, -0.05) is 12.1 Å². The Morgan fingerprint density at radius 1 is 1.12 bits per heavy atom. The molecule has 0 N–H and O–H groups in total. The van der Waals surface area contributed by atoms with E-state index in [1.807, 2.05) is 4.90 Å². The maximum atomic E-state index is 12.6. The average molecular weight is 340 g/mol. The lowest BCUT2D eigenvalue weighted by atomic mass is 9.79. The molecule has 0 bridgehead atoms. The smallest absolute Gasteiger partial charge is 0.342 e. The molecule has 2 saturated heterocycles. The second-order valence-electron chi connectivity index (χ2n) is 7.20. The third-order valence-corrected chi connectivity index (χ3v) is 5.31. The molecule has 1 aromatic rings. The van der Waals surface area contributed by atoms with Crippen LogP contribution in [0.4, 0.5) is 13.2 Å². The number of rotatable bonds is 2. The first-order valence-corrected chi connectivity index (χ1v) is 8.41. The summed E-state index contributed by atoms with van der Waals surface area (Å²) < 4.78 is 37.9. The van der Waals surface area contributed by atoms with Crippen molar-refractivity contribution in [2.45, 2.75) is 38.9 Å². The van der Waals surface area contributed by atoms with Gasteiger partial charge in [-0.15, -0.1) is 0 Å². The standard InChI is InChI=1S/C18H23F3N2O/c1-14(24)23-9-2-7-17(13-23)8-10-22(12-17)11-15-3-5-16(6-4-15)18(19,20)21/h3-6H,2,7-13H2,1H3. The van der Waals surface area contributed by atoms with Gasteiger partial charge >= 0.3 is 6.18 Å². The van der Waals surface area contributed by atoms with Gasteiger partial charge in [0.2, 0.25) is 5.91 Å². The van der Waals surface area contributed by atoms with Crippen molar-refractivity contribution in [3.63, 3.8) is 0 Å². The van der Waals surface area contributed by atoms with E-state index in [1.54, 1.807) is 19.1 Å². The fraction of sp³-hybridized carbons (Fsp3) is 0.611. The van der Waals surface area contributed by atoms with E-state index in [4.69, 9.17) is 0 Å². The van der Waals surface area contributed by atoms with E-state index in [0.29, 0.717) is 6.54 Å². The van der Waals surface area contributed by atoms with E-state index < -0.39 is 11.7 Å². The van der Waals surface area contributed by atoms with E-state index in [9.17, 15) is 18.0 Å². The molecule has 1 atom stereocenters. The van der Waals surface area contributed by atoms with Crippen LogP contribution in [-0.4, -0.2) is 41.9 Å². The topological polar surface area (TPSA) is 23.6 Å². The summed E-state index contributed by atoms with van der Waals surface area (Å²) in [5.74, 6) is 0.135. The number of benzene rings is 1. The Morgan fingerprint density at radius 3 is 2.46 bits per heavy atom. The van der Waals surface area contributed by atoms with Gasteiger partial charge in [0, 0.05) is 38.5 Å². The molecule has 0 aliphatic carbocycles. The second kappa shape index (κ2) is 6.39. The highest BCUT2D eigenvalue weighted by atomic mass is 19.4. The first-order valence-electron chi connectivity index (χ1n) is 8.41. The van der Waals surface area contributed by atoms with Gasteiger partial charge in [0.15, 0.2) is 0 Å². The molecule has 3 rings (SSSR count). The van der Waals surface area contributed by atoms with Crippen LogP contribution in [0.15, 0.2) is 24.3 Å². The quantitative estimate of drug-likeness (QED) is 0.822. The fourth-order valence-electron chi connectivity index (χ4n) is 4.03. The number of hydrogen-bond acceptors (Lipinski definition) is 2. The van der Waals surface area contributed by atoms with Gasteiger partial charge in [-0.25, -0.2) is 0 Å². The van der Waals surface area contributed by atoms with Crippen LogP contribution in [0.1, 0.15) is 37.3 Å². The van der Waals surface area contributed by atoms with Crippen LogP contribution in [-0.2, 0) is 17.5 Å². The Hall–Kier alpha value is -1.56. The molecule has 1 amide bonds. The Morgan fingerprint density at radius 2 is 1.83 bits per heavy atom. The molecule has 2 fully saturated rings. The van der Waals surface area contributed by atoms with Crippen LogP contribution in [0.25, 0.3) is 0 Å². The first kappa shape index (κ1) is 17.3. The molecule has 6 heteroatoms. The summed E-state index contributed by atoms with van der Waals surface area (Å²) in [7, 11) is 0. The molecular formula is C18H23F3N2O. The molecule has 2 aliphatic rings. The lowest BCUT2D eigenvalue weighted by Crippen LogP contribution is -2.46. The van der Waals surface area contributed by atoms with Crippen molar-refractivity contribution < 1.29 is 18.0 Å². The van der Waals surface area contributed by atoms with Crippen LogP contribution < -0.4 is 0 Å². The summed E-state index contributed by atoms with van der Waals surface area (Å²) >= 11 is 0. The highest BCUT2D eigenvalue weighted by molar-refractivity contribution is 5.73. The summed E-state index contributed by atoms with van der Waals surface area (Å²) in [5, 5.41) is 0. The van der Waals surface area contributed by atoms with Crippen LogP contribution in [0, 0.1) is 5.41 Å². The molecular weight excluding hydrogens is 317 g/mol. The number of carbonyl (C=O) groups excluding carboxylic acids is 1. The maximum absolute atomic E-state index is 12.6. The summed E-state index contributed by atoms with van der Waals surface area (Å²) in [6.45, 7) is 5.79. The molecule has 24 heavy (non-hydrogen) atoms. The van der Waals surface area contributed by atoms with E-state index >= 15 is 0 Å². The van der Waals surface area contributed by atoms with Crippen molar-refractivity contribution in [3.8, 4) is 0 Å². The largest absolute Gasteiger partial charge is 0.416 e. The lowest BCUT2D eigenvalue weighted by Gasteiger charge is -2.40. The Labute approximate surface area is 140 Å². The van der Waals surface area contributed by atoms with E-state index in [0.717, 1.165) is 63.1 Å². The fourth-order valence-corrected chi connectivity index (χ4v) is 4.03. The minimum absolute atomic E-state index is 0.135. The van der Waals surface area contributed by atoms with Crippen molar-refractivity contribution in [3.05, 3.63) is 35.4 Å². The molecule has 0 radical (unpaired) electrons. The van der Waals surface area contributed by atoms with Crippen molar-refractivity contribution in [1.29, 1.82) is 0 Å². The van der Waals surface area contributed by atoms with Crippen LogP contribution in [0.3, 0.4) is 0 Å². The summed E-state index contributed by atoms with van der Waals surface area (Å²) in [6.07, 6.45) is -1.07. The van der Waals surface area contributed by atoms with Crippen molar-refractivity contribution in [2.75, 3.05) is 26.2 Å². The molecule has 1 aromatic carbocycles. The summed E-state index contributed by atoms with van der Waals surface area (Å²) in [4.78, 5) is 15.9. The zero-order chi connectivity index (χ0) is 17.4. The summed E-state index contributed by atoms with van der Waals surface area (Å²) in [5.41, 5.74) is 0.461. The third kappa shape index (κ3) is 3.74. The lowest BCUT2D eigenvalue weighted by molar-refractivity contribution is -0.137. The molecule has 132 valence electrons. The number of carbonyl (C=O) groups is 1. The van der Waals surface area contributed by atoms with Crippen molar-refractivity contribution in [1.82, 2.24) is 9.80 Å². The minimum atomic E-state index is -4.28. The monoisotopic (exact) mass is 340 g/mol. The highest BCUT2D eigenvalue weighted by Crippen LogP contribution is 2.39. The van der Waals surface area contributed by atoms with Gasteiger partial charge in [0.1, 0.15) is 0 Å². The molecule has 1 unspecified atom stereocenters. The predicted molar refractivity (Wildman–Crippen MR) is 85.3 cm³/mol. The van der Waals surface area contributed by atoms with Crippen LogP contribution in [0.2, 0.25) is 0 Å². The van der Waals surface area contributed by atoms with Gasteiger partial charge in [0.05, 0.1) is 5.56 Å². The molecule has 1 spiro atoms. The Bertz CT molecular complexity index is 599. The molecule has 0 aromatic heterocycles. The van der Waals surface area contributed by atoms with Gasteiger partial charge in [0.25, 0.3) is 0 Å². The zero-order valence-electron chi connectivity index (χ0n) is 13.9. The number of halogens is 3. The van der Waals surface area contributed by atoms with Gasteiger partial charge in [-0.3, -0.25) is 9.69 Å². The Balaban J connectivity index is 1.61. The van der Waals surface area contributed by atoms with Crippen molar-refractivity contribution >= 4 is 5.91 Å². The van der Waals surface area contributed by atoms with E-state index in [-0.39, 0.29) is 11.3 Å². The number of nitrogens with zero attached hydrogens (tertiary/aromatic N) is 2. The zero-order valence-corrected chi connectivity index (χ0v) is 13.9. The maximum Gasteiger partial charge on any atom is 0.416 e. The summed E-state index contributed by atoms with van der Waals surface area (Å²) in [6, 6.07) is 5.44. The molecule has 3 nitrogen and oxygen atoms in total. The number of alkyl halides is 3. The molecule has 2 heterocycles. The average Bonchev–Trinajstić information content (AvgIpc) is 2.89. The second-order valence-corrected chi connectivity index (χ2v) is 7.20. The van der Waals surface area contributed by atoms with E-state index in [2.05, 4.69) is 4.90 Å². The normalized spacial score (nSPS) is 25.4. The van der Waals surface area contributed by atoms with Crippen molar-refractivity contribution in [2.24, 2.45) is 5.41 Å². The SMILES string of the molecule is CC(=O)N1CCCC2(CCN(Cc3ccc(C(F)(F)F)cc3)C2)C1.